The van der Waals surface area contributed by atoms with E-state index in [1.165, 1.54) is 0 Å². The number of nitrogens with one attached hydrogen (secondary N) is 1. The molecule has 0 saturated carbocycles. The Morgan fingerprint density at radius 2 is 2.04 bits per heavy atom. The van der Waals surface area contributed by atoms with Crippen LogP contribution in [0.5, 0.6) is 0 Å². The van der Waals surface area contributed by atoms with Gasteiger partial charge in [0.2, 0.25) is 5.91 Å². The molecular formula is C18H15BrN4OS. The summed E-state index contributed by atoms with van der Waals surface area (Å²) in [5, 5.41) is 7.65. The summed E-state index contributed by atoms with van der Waals surface area (Å²) in [4.78, 5) is 16.6. The van der Waals surface area contributed by atoms with Crippen LogP contribution >= 0.6 is 27.7 Å². The van der Waals surface area contributed by atoms with E-state index in [2.05, 4.69) is 43.5 Å². The van der Waals surface area contributed by atoms with E-state index in [0.29, 0.717) is 5.75 Å². The van der Waals surface area contributed by atoms with E-state index in [0.717, 1.165) is 32.8 Å². The van der Waals surface area contributed by atoms with Gasteiger partial charge in [-0.1, -0.05) is 34.1 Å². The highest BCUT2D eigenvalue weighted by molar-refractivity contribution is 9.10. The Hall–Kier alpha value is -2.12. The number of hydrogen-bond donors (Lipinski definition) is 1. The minimum Gasteiger partial charge on any atom is -0.310 e. The van der Waals surface area contributed by atoms with Gasteiger partial charge in [0.15, 0.2) is 0 Å². The SMILES string of the molecule is Cn1nc(-c2ccccn2)c2c1NC(=O)CSC2c1ccc(Br)cc1. The first kappa shape index (κ1) is 16.4. The molecule has 0 saturated heterocycles. The molecule has 0 spiro atoms. The van der Waals surface area contributed by atoms with E-state index in [1.807, 2.05) is 37.4 Å². The lowest BCUT2D eigenvalue weighted by Crippen LogP contribution is -2.15. The molecule has 1 unspecified atom stereocenters. The fraction of sp³-hybridized carbons (Fsp3) is 0.167. The topological polar surface area (TPSA) is 59.8 Å². The van der Waals surface area contributed by atoms with Gasteiger partial charge in [0.25, 0.3) is 0 Å². The number of carbonyl (C=O) groups is 1. The highest BCUT2D eigenvalue weighted by Gasteiger charge is 2.31. The summed E-state index contributed by atoms with van der Waals surface area (Å²) in [6, 6.07) is 14.0. The van der Waals surface area contributed by atoms with Gasteiger partial charge in [-0.15, -0.1) is 11.8 Å². The third-order valence-corrected chi connectivity index (χ3v) is 5.86. The molecule has 4 rings (SSSR count). The van der Waals surface area contributed by atoms with E-state index in [1.54, 1.807) is 22.6 Å². The molecule has 1 aliphatic rings. The van der Waals surface area contributed by atoms with Gasteiger partial charge in [-0.2, -0.15) is 5.10 Å². The Morgan fingerprint density at radius 1 is 1.24 bits per heavy atom. The predicted molar refractivity (Wildman–Crippen MR) is 104 cm³/mol. The molecular weight excluding hydrogens is 400 g/mol. The van der Waals surface area contributed by atoms with Gasteiger partial charge in [0.1, 0.15) is 11.5 Å². The van der Waals surface area contributed by atoms with Crippen molar-refractivity contribution in [2.24, 2.45) is 7.05 Å². The Labute approximate surface area is 158 Å². The second-order valence-corrected chi connectivity index (χ2v) is 7.75. The van der Waals surface area contributed by atoms with Crippen LogP contribution in [0.15, 0.2) is 53.1 Å². The fourth-order valence-electron chi connectivity index (χ4n) is 2.94. The van der Waals surface area contributed by atoms with Crippen molar-refractivity contribution in [1.29, 1.82) is 0 Å². The molecule has 126 valence electrons. The number of pyridine rings is 1. The molecule has 0 fully saturated rings. The van der Waals surface area contributed by atoms with Crippen molar-refractivity contribution in [3.05, 3.63) is 64.3 Å². The summed E-state index contributed by atoms with van der Waals surface area (Å²) in [6.07, 6.45) is 1.76. The number of hydrogen-bond acceptors (Lipinski definition) is 4. The second-order valence-electron chi connectivity index (χ2n) is 5.74. The summed E-state index contributed by atoms with van der Waals surface area (Å²) in [6.45, 7) is 0. The molecule has 1 aliphatic heterocycles. The van der Waals surface area contributed by atoms with Crippen molar-refractivity contribution in [3.8, 4) is 11.4 Å². The lowest BCUT2D eigenvalue weighted by molar-refractivity contribution is -0.113. The van der Waals surface area contributed by atoms with Crippen LogP contribution in [0.2, 0.25) is 0 Å². The lowest BCUT2D eigenvalue weighted by Gasteiger charge is -2.16. The molecule has 2 aromatic heterocycles. The minimum atomic E-state index is -0.0126. The zero-order valence-corrected chi connectivity index (χ0v) is 15.8. The van der Waals surface area contributed by atoms with E-state index >= 15 is 0 Å². The van der Waals surface area contributed by atoms with Crippen LogP contribution in [-0.4, -0.2) is 26.4 Å². The summed E-state index contributed by atoms with van der Waals surface area (Å²) < 4.78 is 2.76. The number of fused-ring (bicyclic) bond motifs is 1. The lowest BCUT2D eigenvalue weighted by atomic mass is 10.0. The Balaban J connectivity index is 1.92. The maximum absolute atomic E-state index is 12.2. The highest BCUT2D eigenvalue weighted by atomic mass is 79.9. The molecule has 1 N–H and O–H groups in total. The predicted octanol–water partition coefficient (Wildman–Crippen LogP) is 4.02. The van der Waals surface area contributed by atoms with Crippen LogP contribution in [0.25, 0.3) is 11.4 Å². The van der Waals surface area contributed by atoms with E-state index < -0.39 is 0 Å². The zero-order chi connectivity index (χ0) is 17.4. The molecule has 1 atom stereocenters. The molecule has 7 heteroatoms. The minimum absolute atomic E-state index is 0.00718. The molecule has 3 aromatic rings. The standard InChI is InChI=1S/C18H15BrN4OS/c1-23-18-15(16(22-23)13-4-2-3-9-20-13)17(25-10-14(24)21-18)11-5-7-12(19)8-6-11/h2-9,17H,10H2,1H3,(H,21,24). The van der Waals surface area contributed by atoms with E-state index in [4.69, 9.17) is 0 Å². The van der Waals surface area contributed by atoms with Gasteiger partial charge in [0.05, 0.1) is 16.7 Å². The smallest absolute Gasteiger partial charge is 0.235 e. The number of halogens is 1. The number of aryl methyl sites for hydroxylation is 1. The van der Waals surface area contributed by atoms with Crippen LogP contribution in [-0.2, 0) is 11.8 Å². The average Bonchev–Trinajstić information content (AvgIpc) is 2.83. The average molecular weight is 415 g/mol. The molecule has 1 amide bonds. The number of aromatic nitrogens is 3. The van der Waals surface area contributed by atoms with Crippen LogP contribution in [0.4, 0.5) is 5.82 Å². The van der Waals surface area contributed by atoms with Crippen molar-refractivity contribution in [2.75, 3.05) is 11.1 Å². The molecule has 0 radical (unpaired) electrons. The molecule has 3 heterocycles. The second kappa shape index (κ2) is 6.65. The number of benzene rings is 1. The van der Waals surface area contributed by atoms with Crippen LogP contribution in [0, 0.1) is 0 Å². The van der Waals surface area contributed by atoms with Crippen molar-refractivity contribution < 1.29 is 4.79 Å². The Kier molecular flexibility index (Phi) is 4.35. The van der Waals surface area contributed by atoms with Gasteiger partial charge in [-0.05, 0) is 29.8 Å². The maximum Gasteiger partial charge on any atom is 0.235 e. The quantitative estimate of drug-likeness (QED) is 0.687. The summed E-state index contributed by atoms with van der Waals surface area (Å²) >= 11 is 5.09. The number of amides is 1. The summed E-state index contributed by atoms with van der Waals surface area (Å²) in [5.41, 5.74) is 3.74. The highest BCUT2D eigenvalue weighted by Crippen LogP contribution is 2.45. The number of carbonyl (C=O) groups excluding carboxylic acids is 1. The first-order valence-corrected chi connectivity index (χ1v) is 9.63. The van der Waals surface area contributed by atoms with Crippen molar-refractivity contribution in [3.63, 3.8) is 0 Å². The Morgan fingerprint density at radius 3 is 2.76 bits per heavy atom. The number of thioether (sulfide) groups is 1. The first-order valence-electron chi connectivity index (χ1n) is 7.78. The number of nitrogens with zero attached hydrogens (tertiary/aromatic N) is 3. The van der Waals surface area contributed by atoms with Crippen LogP contribution in [0.1, 0.15) is 16.4 Å². The summed E-state index contributed by atoms with van der Waals surface area (Å²) in [5.74, 6) is 1.13. The largest absolute Gasteiger partial charge is 0.310 e. The Bertz CT molecular complexity index is 924. The van der Waals surface area contributed by atoms with Crippen molar-refractivity contribution >= 4 is 39.4 Å². The third kappa shape index (κ3) is 3.09. The van der Waals surface area contributed by atoms with Crippen molar-refractivity contribution in [1.82, 2.24) is 14.8 Å². The molecule has 0 bridgehead atoms. The normalized spacial score (nSPS) is 16.9. The maximum atomic E-state index is 12.2. The van der Waals surface area contributed by atoms with Crippen molar-refractivity contribution in [2.45, 2.75) is 5.25 Å². The van der Waals surface area contributed by atoms with Gasteiger partial charge in [-0.3, -0.25) is 14.5 Å². The number of anilines is 1. The molecule has 0 aliphatic carbocycles. The number of rotatable bonds is 2. The fourth-order valence-corrected chi connectivity index (χ4v) is 4.33. The van der Waals surface area contributed by atoms with Gasteiger partial charge in [-0.25, -0.2) is 0 Å². The monoisotopic (exact) mass is 414 g/mol. The molecule has 1 aromatic carbocycles. The zero-order valence-electron chi connectivity index (χ0n) is 13.4. The molecule has 5 nitrogen and oxygen atoms in total. The van der Waals surface area contributed by atoms with Gasteiger partial charge >= 0.3 is 0 Å². The first-order chi connectivity index (χ1) is 12.1. The van der Waals surface area contributed by atoms with E-state index in [9.17, 15) is 4.79 Å². The van der Waals surface area contributed by atoms with E-state index in [-0.39, 0.29) is 11.2 Å². The summed E-state index contributed by atoms with van der Waals surface area (Å²) in [7, 11) is 1.85. The molecule has 25 heavy (non-hydrogen) atoms. The third-order valence-electron chi connectivity index (χ3n) is 4.07. The van der Waals surface area contributed by atoms with Gasteiger partial charge < -0.3 is 5.32 Å². The van der Waals surface area contributed by atoms with Gasteiger partial charge in [0, 0.05) is 23.3 Å². The van der Waals surface area contributed by atoms with Crippen LogP contribution < -0.4 is 5.32 Å². The van der Waals surface area contributed by atoms with Crippen LogP contribution in [0.3, 0.4) is 0 Å².